The van der Waals surface area contributed by atoms with Gasteiger partial charge < -0.3 is 15.4 Å². The molecule has 0 aromatic heterocycles. The normalized spacial score (nSPS) is 13.7. The molecule has 2 aromatic rings. The minimum atomic E-state index is -0.472. The first-order valence-electron chi connectivity index (χ1n) is 10.2. The molecule has 0 atom stereocenters. The number of hydrogen-bond donors (Lipinski definition) is 3. The standard InChI is InChI=1S/C23H25N3O4S/c1-30-22(29)17-9-7-15(8-10-17)21(28)26-23(31)25-19-13-11-16(12-14-19)20(27)24-18-5-3-2-4-6-18/h7-14,18H,2-6H2,1H3,(H,24,27)(H2,25,26,28,31). The van der Waals surface area contributed by atoms with Gasteiger partial charge in [0.1, 0.15) is 0 Å². The van der Waals surface area contributed by atoms with Crippen molar-refractivity contribution in [2.45, 2.75) is 38.1 Å². The van der Waals surface area contributed by atoms with Gasteiger partial charge in [0.15, 0.2) is 5.11 Å². The van der Waals surface area contributed by atoms with Gasteiger partial charge in [0, 0.05) is 22.9 Å². The average Bonchev–Trinajstić information content (AvgIpc) is 2.79. The van der Waals surface area contributed by atoms with Gasteiger partial charge in [-0.3, -0.25) is 14.9 Å². The second-order valence-corrected chi connectivity index (χ2v) is 7.77. The monoisotopic (exact) mass is 439 g/mol. The molecule has 0 spiro atoms. The molecular formula is C23H25N3O4S. The third-order valence-electron chi connectivity index (χ3n) is 5.14. The van der Waals surface area contributed by atoms with E-state index in [0.29, 0.717) is 22.4 Å². The van der Waals surface area contributed by atoms with Crippen LogP contribution in [0.5, 0.6) is 0 Å². The van der Waals surface area contributed by atoms with Crippen molar-refractivity contribution in [3.8, 4) is 0 Å². The number of benzene rings is 2. The van der Waals surface area contributed by atoms with E-state index in [9.17, 15) is 14.4 Å². The molecule has 0 bridgehead atoms. The lowest BCUT2D eigenvalue weighted by Crippen LogP contribution is -2.36. The topological polar surface area (TPSA) is 96.5 Å². The van der Waals surface area contributed by atoms with Crippen molar-refractivity contribution in [3.05, 3.63) is 65.2 Å². The summed E-state index contributed by atoms with van der Waals surface area (Å²) < 4.78 is 4.63. The number of hydrogen-bond acceptors (Lipinski definition) is 5. The summed E-state index contributed by atoms with van der Waals surface area (Å²) in [6.45, 7) is 0. The van der Waals surface area contributed by atoms with Crippen molar-refractivity contribution in [1.82, 2.24) is 10.6 Å². The summed E-state index contributed by atoms with van der Waals surface area (Å²) in [6, 6.07) is 13.2. The second-order valence-electron chi connectivity index (χ2n) is 7.36. The lowest BCUT2D eigenvalue weighted by Gasteiger charge is -2.22. The van der Waals surface area contributed by atoms with E-state index < -0.39 is 11.9 Å². The molecule has 162 valence electrons. The number of amides is 2. The Hall–Kier alpha value is -3.26. The number of nitrogens with one attached hydrogen (secondary N) is 3. The van der Waals surface area contributed by atoms with Crippen LogP contribution in [-0.4, -0.2) is 36.0 Å². The zero-order valence-electron chi connectivity index (χ0n) is 17.3. The number of methoxy groups -OCH3 is 1. The van der Waals surface area contributed by atoms with Crippen molar-refractivity contribution >= 4 is 40.8 Å². The first-order chi connectivity index (χ1) is 15.0. The molecule has 3 rings (SSSR count). The Kier molecular flexibility index (Phi) is 7.72. The van der Waals surface area contributed by atoms with Crippen LogP contribution in [0.4, 0.5) is 5.69 Å². The van der Waals surface area contributed by atoms with Crippen molar-refractivity contribution < 1.29 is 19.1 Å². The van der Waals surface area contributed by atoms with E-state index in [1.807, 2.05) is 0 Å². The maximum absolute atomic E-state index is 12.4. The smallest absolute Gasteiger partial charge is 0.337 e. The lowest BCUT2D eigenvalue weighted by atomic mass is 9.95. The molecule has 0 radical (unpaired) electrons. The molecule has 3 N–H and O–H groups in total. The molecule has 0 unspecified atom stereocenters. The van der Waals surface area contributed by atoms with Crippen LogP contribution in [0.25, 0.3) is 0 Å². The highest BCUT2D eigenvalue weighted by molar-refractivity contribution is 7.80. The molecule has 1 aliphatic carbocycles. The van der Waals surface area contributed by atoms with Crippen LogP contribution >= 0.6 is 12.2 Å². The van der Waals surface area contributed by atoms with E-state index in [4.69, 9.17) is 12.2 Å². The van der Waals surface area contributed by atoms with Crippen molar-refractivity contribution in [1.29, 1.82) is 0 Å². The Morgan fingerprint density at radius 3 is 2.00 bits per heavy atom. The van der Waals surface area contributed by atoms with Gasteiger partial charge in [0.25, 0.3) is 11.8 Å². The minimum absolute atomic E-state index is 0.0790. The van der Waals surface area contributed by atoms with Gasteiger partial charge in [-0.15, -0.1) is 0 Å². The summed E-state index contributed by atoms with van der Waals surface area (Å²) in [5.41, 5.74) is 1.94. The van der Waals surface area contributed by atoms with Crippen LogP contribution in [0.2, 0.25) is 0 Å². The van der Waals surface area contributed by atoms with E-state index in [-0.39, 0.29) is 17.1 Å². The van der Waals surface area contributed by atoms with Crippen LogP contribution in [0.15, 0.2) is 48.5 Å². The minimum Gasteiger partial charge on any atom is -0.465 e. The van der Waals surface area contributed by atoms with Crippen LogP contribution in [0, 0.1) is 0 Å². The van der Waals surface area contributed by atoms with Crippen LogP contribution in [-0.2, 0) is 4.74 Å². The van der Waals surface area contributed by atoms with Crippen molar-refractivity contribution in [2.75, 3.05) is 12.4 Å². The average molecular weight is 440 g/mol. The van der Waals surface area contributed by atoms with Crippen molar-refractivity contribution in [2.24, 2.45) is 0 Å². The molecule has 0 saturated heterocycles. The number of rotatable bonds is 5. The molecule has 1 fully saturated rings. The van der Waals surface area contributed by atoms with E-state index in [1.54, 1.807) is 24.3 Å². The highest BCUT2D eigenvalue weighted by Gasteiger charge is 2.16. The Labute approximate surface area is 186 Å². The zero-order valence-corrected chi connectivity index (χ0v) is 18.1. The number of esters is 1. The summed E-state index contributed by atoms with van der Waals surface area (Å²) in [5.74, 6) is -0.956. The Balaban J connectivity index is 1.51. The van der Waals surface area contributed by atoms with E-state index in [0.717, 1.165) is 25.7 Å². The summed E-state index contributed by atoms with van der Waals surface area (Å²) >= 11 is 5.19. The number of carbonyl (C=O) groups excluding carboxylic acids is 3. The molecule has 2 amide bonds. The predicted octanol–water partition coefficient (Wildman–Crippen LogP) is 3.66. The fraction of sp³-hybridized carbons (Fsp3) is 0.304. The van der Waals surface area contributed by atoms with Gasteiger partial charge in [-0.2, -0.15) is 0 Å². The third-order valence-corrected chi connectivity index (χ3v) is 5.34. The SMILES string of the molecule is COC(=O)c1ccc(C(=O)NC(=S)Nc2ccc(C(=O)NC3CCCCC3)cc2)cc1. The van der Waals surface area contributed by atoms with Crippen molar-refractivity contribution in [3.63, 3.8) is 0 Å². The first-order valence-corrected chi connectivity index (χ1v) is 10.6. The fourth-order valence-corrected chi connectivity index (χ4v) is 3.64. The molecule has 31 heavy (non-hydrogen) atoms. The van der Waals surface area contributed by atoms with Gasteiger partial charge in [-0.1, -0.05) is 19.3 Å². The van der Waals surface area contributed by atoms with Gasteiger partial charge in [0.2, 0.25) is 0 Å². The van der Waals surface area contributed by atoms with Gasteiger partial charge in [-0.25, -0.2) is 4.79 Å². The van der Waals surface area contributed by atoms with E-state index >= 15 is 0 Å². The highest BCUT2D eigenvalue weighted by Crippen LogP contribution is 2.18. The number of anilines is 1. The molecule has 2 aromatic carbocycles. The van der Waals surface area contributed by atoms with Crippen LogP contribution < -0.4 is 16.0 Å². The fourth-order valence-electron chi connectivity index (χ4n) is 3.43. The molecule has 8 heteroatoms. The highest BCUT2D eigenvalue weighted by atomic mass is 32.1. The van der Waals surface area contributed by atoms with E-state index in [2.05, 4.69) is 20.7 Å². The largest absolute Gasteiger partial charge is 0.465 e. The van der Waals surface area contributed by atoms with Gasteiger partial charge in [0.05, 0.1) is 12.7 Å². The Morgan fingerprint density at radius 1 is 0.839 bits per heavy atom. The molecule has 1 aliphatic rings. The lowest BCUT2D eigenvalue weighted by molar-refractivity contribution is 0.0600. The van der Waals surface area contributed by atoms with Gasteiger partial charge >= 0.3 is 5.97 Å². The summed E-state index contributed by atoms with van der Waals surface area (Å²) in [4.78, 5) is 36.2. The van der Waals surface area contributed by atoms with Crippen LogP contribution in [0.3, 0.4) is 0 Å². The van der Waals surface area contributed by atoms with Crippen LogP contribution in [0.1, 0.15) is 63.2 Å². The number of carbonyl (C=O) groups is 3. The second kappa shape index (κ2) is 10.7. The maximum Gasteiger partial charge on any atom is 0.337 e. The van der Waals surface area contributed by atoms with Gasteiger partial charge in [-0.05, 0) is 73.6 Å². The Bertz CT molecular complexity index is 952. The molecular weight excluding hydrogens is 414 g/mol. The third kappa shape index (κ3) is 6.36. The summed E-state index contributed by atoms with van der Waals surface area (Å²) in [7, 11) is 1.29. The molecule has 7 nitrogen and oxygen atoms in total. The predicted molar refractivity (Wildman–Crippen MR) is 122 cm³/mol. The summed E-state index contributed by atoms with van der Waals surface area (Å²) in [6.07, 6.45) is 5.62. The zero-order chi connectivity index (χ0) is 22.2. The first kappa shape index (κ1) is 22.4. The number of thiocarbonyl (C=S) groups is 1. The molecule has 0 heterocycles. The molecule has 1 saturated carbocycles. The Morgan fingerprint density at radius 2 is 1.39 bits per heavy atom. The quantitative estimate of drug-likeness (QED) is 0.486. The molecule has 0 aliphatic heterocycles. The maximum atomic E-state index is 12.4. The number of ether oxygens (including phenoxy) is 1. The summed E-state index contributed by atoms with van der Waals surface area (Å²) in [5, 5.41) is 8.72. The van der Waals surface area contributed by atoms with E-state index in [1.165, 1.54) is 37.8 Å².